The summed E-state index contributed by atoms with van der Waals surface area (Å²) in [5, 5.41) is 33.4. The first kappa shape index (κ1) is 27.4. The normalized spacial score (nSPS) is 21.0. The van der Waals surface area contributed by atoms with Gasteiger partial charge in [0, 0.05) is 25.7 Å². The molecule has 4 rings (SSSR count). The van der Waals surface area contributed by atoms with Crippen LogP contribution in [0.2, 0.25) is 0 Å². The van der Waals surface area contributed by atoms with Crippen molar-refractivity contribution in [3.8, 4) is 6.07 Å². The highest BCUT2D eigenvalue weighted by atomic mass is 32.2. The maximum Gasteiger partial charge on any atom is 0.352 e. The Bertz CT molecular complexity index is 1550. The largest absolute Gasteiger partial charge is 0.477 e. The third-order valence-corrected chi connectivity index (χ3v) is 9.38. The Morgan fingerprint density at radius 2 is 2.18 bits per heavy atom. The second-order valence-corrected chi connectivity index (χ2v) is 12.0. The van der Waals surface area contributed by atoms with E-state index in [4.69, 9.17) is 14.5 Å². The molecular formula is C18H18N8O9S3. The number of carboxylic acid groups (broad SMARTS) is 1. The number of hydrogen-bond donors (Lipinski definition) is 3. The lowest BCUT2D eigenvalue weighted by molar-refractivity contribution is -0.192. The molecule has 2 amide bonds. The molecule has 1 saturated heterocycles. The summed E-state index contributed by atoms with van der Waals surface area (Å²) >= 11 is 2.30. The number of aliphatic carboxylic acids is 1. The van der Waals surface area contributed by atoms with Gasteiger partial charge in [-0.3, -0.25) is 19.3 Å². The van der Waals surface area contributed by atoms with E-state index in [1.807, 2.05) is 5.16 Å². The quantitative estimate of drug-likeness (QED) is 0.152. The number of aryl methyl sites for hydroxylation is 1. The van der Waals surface area contributed by atoms with E-state index in [0.29, 0.717) is 10.7 Å². The number of methoxy groups -OCH3 is 1. The summed E-state index contributed by atoms with van der Waals surface area (Å²) in [5.41, 5.74) is -3.32. The monoisotopic (exact) mass is 586 g/mol. The number of amides is 2. The van der Waals surface area contributed by atoms with Gasteiger partial charge in [-0.1, -0.05) is 11.8 Å². The lowest BCUT2D eigenvalue weighted by Gasteiger charge is -2.55. The van der Waals surface area contributed by atoms with Gasteiger partial charge in [-0.2, -0.15) is 10.4 Å². The fourth-order valence-electron chi connectivity index (χ4n) is 3.79. The second-order valence-electron chi connectivity index (χ2n) is 7.93. The molecule has 4 heterocycles. The average Bonchev–Trinajstić information content (AvgIpc) is 3.43. The Balaban J connectivity index is 1.49. The van der Waals surface area contributed by atoms with Crippen molar-refractivity contribution < 1.29 is 37.2 Å². The number of rotatable bonds is 10. The SMILES string of the molecule is CO[C@@]1(NC(=O)CS(=O)(=O)Cc2o[nH]c(=O)c2C#N)C(=O)N2C(C(=O)O)=C(CSc3nnnn3C)CS[C@@H]21. The molecule has 2 aromatic rings. The smallest absolute Gasteiger partial charge is 0.352 e. The number of thioether (sulfide) groups is 2. The number of carbonyl (C=O) groups is 3. The molecule has 2 aromatic heterocycles. The minimum Gasteiger partial charge on any atom is -0.477 e. The van der Waals surface area contributed by atoms with E-state index < -0.39 is 67.1 Å². The van der Waals surface area contributed by atoms with Gasteiger partial charge in [-0.25, -0.2) is 17.9 Å². The van der Waals surface area contributed by atoms with Gasteiger partial charge in [-0.15, -0.1) is 16.9 Å². The van der Waals surface area contributed by atoms with Crippen LogP contribution < -0.4 is 10.9 Å². The molecule has 1 fully saturated rings. The molecule has 0 spiro atoms. The Labute approximate surface area is 221 Å². The van der Waals surface area contributed by atoms with Gasteiger partial charge in [0.2, 0.25) is 11.1 Å². The van der Waals surface area contributed by atoms with Gasteiger partial charge in [0.1, 0.15) is 28.6 Å². The number of nitrogens with one attached hydrogen (secondary N) is 2. The highest BCUT2D eigenvalue weighted by molar-refractivity contribution is 8.01. The average molecular weight is 587 g/mol. The number of β-lactam (4-membered cyclic amide) rings is 1. The molecular weight excluding hydrogens is 568 g/mol. The zero-order valence-electron chi connectivity index (χ0n) is 19.5. The van der Waals surface area contributed by atoms with Gasteiger partial charge in [0.15, 0.2) is 21.2 Å². The molecule has 0 aromatic carbocycles. The molecule has 2 aliphatic heterocycles. The van der Waals surface area contributed by atoms with Crippen molar-refractivity contribution >= 4 is 51.1 Å². The molecule has 20 heteroatoms. The standard InChI is InChI=1S/C18H18N8O9S3/c1-25-17(21-23-24-25)37-5-8-4-36-16-18(34-2,15(31)26(16)12(8)14(29)30)20-11(27)7-38(32,33)6-10-9(3-19)13(28)22-35-10/h16H,4-7H2,1-2H3,(H,20,27)(H,22,28)(H,29,30)/t16-,18+/m1/s1. The fraction of sp³-hybridized carbons (Fsp3) is 0.444. The van der Waals surface area contributed by atoms with E-state index in [9.17, 15) is 32.7 Å². The summed E-state index contributed by atoms with van der Waals surface area (Å²) in [7, 11) is -1.52. The van der Waals surface area contributed by atoms with Crippen molar-refractivity contribution in [2.75, 3.05) is 24.4 Å². The van der Waals surface area contributed by atoms with Crippen LogP contribution in [0.1, 0.15) is 11.3 Å². The minimum atomic E-state index is -4.26. The number of fused-ring (bicyclic) bond motifs is 1. The molecule has 0 radical (unpaired) electrons. The summed E-state index contributed by atoms with van der Waals surface area (Å²) < 4.78 is 36.5. The molecule has 0 aliphatic carbocycles. The van der Waals surface area contributed by atoms with Gasteiger partial charge in [-0.05, 0) is 16.0 Å². The van der Waals surface area contributed by atoms with E-state index in [0.717, 1.165) is 23.8 Å². The van der Waals surface area contributed by atoms with E-state index in [2.05, 4.69) is 20.8 Å². The Hall–Kier alpha value is -3.67. The number of aromatic amines is 1. The van der Waals surface area contributed by atoms with Crippen LogP contribution in [0.25, 0.3) is 0 Å². The van der Waals surface area contributed by atoms with Crippen LogP contribution in [0.3, 0.4) is 0 Å². The Morgan fingerprint density at radius 3 is 2.79 bits per heavy atom. The van der Waals surface area contributed by atoms with Crippen LogP contribution in [0.5, 0.6) is 0 Å². The van der Waals surface area contributed by atoms with Crippen LogP contribution in [0, 0.1) is 11.3 Å². The molecule has 0 unspecified atom stereocenters. The minimum absolute atomic E-state index is 0.164. The third-order valence-electron chi connectivity index (χ3n) is 5.50. The molecule has 202 valence electrons. The van der Waals surface area contributed by atoms with E-state index in [1.165, 1.54) is 22.5 Å². The van der Waals surface area contributed by atoms with Crippen molar-refractivity contribution in [2.45, 2.75) is 22.0 Å². The highest BCUT2D eigenvalue weighted by Crippen LogP contribution is 2.47. The summed E-state index contributed by atoms with van der Waals surface area (Å²) in [6, 6.07) is 1.52. The lowest BCUT2D eigenvalue weighted by Crippen LogP contribution is -2.81. The zero-order chi connectivity index (χ0) is 27.8. The summed E-state index contributed by atoms with van der Waals surface area (Å²) in [6.45, 7) is 0. The van der Waals surface area contributed by atoms with Crippen LogP contribution in [-0.4, -0.2) is 97.0 Å². The predicted octanol–water partition coefficient (Wildman–Crippen LogP) is -2.22. The number of tetrazole rings is 1. The number of H-pyrrole nitrogens is 1. The first-order chi connectivity index (χ1) is 17.9. The first-order valence-corrected chi connectivity index (χ1v) is 14.2. The highest BCUT2D eigenvalue weighted by Gasteiger charge is 2.66. The zero-order valence-corrected chi connectivity index (χ0v) is 22.0. The van der Waals surface area contributed by atoms with Crippen molar-refractivity contribution in [1.82, 2.24) is 35.6 Å². The van der Waals surface area contributed by atoms with Crippen LogP contribution in [-0.2, 0) is 41.8 Å². The summed E-state index contributed by atoms with van der Waals surface area (Å²) in [4.78, 5) is 50.4. The molecule has 38 heavy (non-hydrogen) atoms. The number of ether oxygens (including phenoxy) is 1. The predicted molar refractivity (Wildman–Crippen MR) is 127 cm³/mol. The van der Waals surface area contributed by atoms with Crippen molar-refractivity contribution in [2.24, 2.45) is 7.05 Å². The number of carboxylic acids is 1. The number of carbonyl (C=O) groups excluding carboxylic acids is 2. The summed E-state index contributed by atoms with van der Waals surface area (Å²) in [5.74, 6) is -5.55. The number of hydrogen-bond acceptors (Lipinski definition) is 14. The van der Waals surface area contributed by atoms with Gasteiger partial charge in [0.05, 0.1) is 0 Å². The maximum atomic E-state index is 13.2. The summed E-state index contributed by atoms with van der Waals surface area (Å²) in [6.07, 6.45) is 0. The topological polar surface area (TPSA) is 243 Å². The number of nitrogens with zero attached hydrogens (tertiary/aromatic N) is 6. The van der Waals surface area contributed by atoms with Crippen LogP contribution >= 0.6 is 23.5 Å². The Morgan fingerprint density at radius 1 is 1.45 bits per heavy atom. The maximum absolute atomic E-state index is 13.2. The van der Waals surface area contributed by atoms with Gasteiger partial charge in [0.25, 0.3) is 17.2 Å². The molecule has 2 aliphatic rings. The second kappa shape index (κ2) is 10.2. The molecule has 0 saturated carbocycles. The first-order valence-electron chi connectivity index (χ1n) is 10.4. The van der Waals surface area contributed by atoms with Gasteiger partial charge < -0.3 is 19.7 Å². The van der Waals surface area contributed by atoms with Crippen molar-refractivity contribution in [3.63, 3.8) is 0 Å². The molecule has 2 atom stereocenters. The molecule has 3 N–H and O–H groups in total. The van der Waals surface area contributed by atoms with Gasteiger partial charge >= 0.3 is 5.97 Å². The fourth-order valence-corrected chi connectivity index (χ4v) is 7.40. The number of nitriles is 1. The molecule has 17 nitrogen and oxygen atoms in total. The van der Waals surface area contributed by atoms with E-state index in [1.54, 1.807) is 7.05 Å². The third kappa shape index (κ3) is 4.80. The van der Waals surface area contributed by atoms with Crippen molar-refractivity contribution in [1.29, 1.82) is 5.26 Å². The van der Waals surface area contributed by atoms with Crippen LogP contribution in [0.4, 0.5) is 0 Å². The molecule has 0 bridgehead atoms. The van der Waals surface area contributed by atoms with Crippen molar-refractivity contribution in [3.05, 3.63) is 32.9 Å². The van der Waals surface area contributed by atoms with Crippen LogP contribution in [0.15, 0.2) is 25.7 Å². The number of sulfone groups is 1. The Kier molecular flexibility index (Phi) is 7.37. The van der Waals surface area contributed by atoms with E-state index in [-0.39, 0.29) is 17.2 Å². The van der Waals surface area contributed by atoms with E-state index >= 15 is 0 Å². The lowest BCUT2D eigenvalue weighted by atomic mass is 9.98. The number of aromatic nitrogens is 5.